The van der Waals surface area contributed by atoms with Gasteiger partial charge < -0.3 is 9.88 Å². The summed E-state index contributed by atoms with van der Waals surface area (Å²) in [7, 11) is 0. The number of amides is 1. The Hall–Kier alpha value is -3.40. The molecule has 3 nitrogen and oxygen atoms in total. The molecule has 1 aromatic heterocycles. The third kappa shape index (κ3) is 2.61. The van der Waals surface area contributed by atoms with Crippen molar-refractivity contribution in [1.82, 2.24) is 9.88 Å². The van der Waals surface area contributed by atoms with Gasteiger partial charge >= 0.3 is 0 Å². The molecule has 1 aliphatic heterocycles. The first-order valence-electron chi connectivity index (χ1n) is 8.94. The fraction of sp³-hybridized carbons (Fsp3) is 0.0870. The lowest BCUT2D eigenvalue weighted by atomic mass is 10.1. The van der Waals surface area contributed by atoms with Gasteiger partial charge in [-0.2, -0.15) is 0 Å². The molecule has 27 heavy (non-hydrogen) atoms. The predicted molar refractivity (Wildman–Crippen MR) is 106 cm³/mol. The third-order valence-corrected chi connectivity index (χ3v) is 5.19. The number of hydrogen-bond donors (Lipinski definition) is 1. The monoisotopic (exact) mass is 356 g/mol. The molecule has 0 radical (unpaired) electrons. The van der Waals surface area contributed by atoms with Gasteiger partial charge in [0.05, 0.1) is 0 Å². The van der Waals surface area contributed by atoms with E-state index in [9.17, 15) is 9.18 Å². The van der Waals surface area contributed by atoms with Gasteiger partial charge in [0.25, 0.3) is 5.91 Å². The first-order chi connectivity index (χ1) is 13.2. The molecule has 0 unspecified atom stereocenters. The van der Waals surface area contributed by atoms with Crippen LogP contribution in [0.5, 0.6) is 0 Å². The Morgan fingerprint density at radius 1 is 0.963 bits per heavy atom. The second-order valence-corrected chi connectivity index (χ2v) is 6.83. The summed E-state index contributed by atoms with van der Waals surface area (Å²) in [6.45, 7) is 0.897. The van der Waals surface area contributed by atoms with Crippen molar-refractivity contribution in [1.29, 1.82) is 0 Å². The average Bonchev–Trinajstić information content (AvgIpc) is 3.35. The van der Waals surface area contributed by atoms with Crippen LogP contribution >= 0.6 is 0 Å². The molecule has 1 amide bonds. The Balaban J connectivity index is 1.45. The molecule has 2 heterocycles. The minimum absolute atomic E-state index is 0.0714. The first-order valence-corrected chi connectivity index (χ1v) is 8.94. The number of nitrogens with one attached hydrogen (secondary N) is 1. The van der Waals surface area contributed by atoms with Gasteiger partial charge in [-0.1, -0.05) is 54.6 Å². The molecular formula is C23H17FN2O. The number of halogens is 1. The molecule has 4 aromatic rings. The van der Waals surface area contributed by atoms with Crippen LogP contribution in [0.3, 0.4) is 0 Å². The molecule has 0 saturated heterocycles. The van der Waals surface area contributed by atoms with E-state index in [0.29, 0.717) is 24.3 Å². The van der Waals surface area contributed by atoms with Gasteiger partial charge in [0.1, 0.15) is 11.5 Å². The number of nitrogens with zero attached hydrogens (tertiary/aromatic N) is 1. The van der Waals surface area contributed by atoms with E-state index in [4.69, 9.17) is 0 Å². The number of H-pyrrole nitrogens is 1. The highest BCUT2D eigenvalue weighted by Crippen LogP contribution is 2.28. The second kappa shape index (κ2) is 6.09. The normalized spacial score (nSPS) is 14.1. The standard InChI is InChI=1S/C23H17FN2O/c24-20-8-4-3-7-18(20)16-11-12-26(14-16)23(27)22-13-19-17-6-2-1-5-15(17)9-10-21(19)25-22/h1-11,13,25H,12,14H2. The van der Waals surface area contributed by atoms with Crippen molar-refractivity contribution in [3.63, 3.8) is 0 Å². The van der Waals surface area contributed by atoms with Gasteiger partial charge in [0, 0.05) is 29.6 Å². The molecule has 0 atom stereocenters. The zero-order valence-electron chi connectivity index (χ0n) is 14.6. The SMILES string of the molecule is O=C(c1cc2c(ccc3ccccc32)[nH]1)N1CC=C(c2ccccc2F)C1. The maximum absolute atomic E-state index is 14.0. The van der Waals surface area contributed by atoms with Gasteiger partial charge in [-0.15, -0.1) is 0 Å². The van der Waals surface area contributed by atoms with Crippen molar-refractivity contribution < 1.29 is 9.18 Å². The molecule has 5 rings (SSSR count). The van der Waals surface area contributed by atoms with Gasteiger partial charge in [0.15, 0.2) is 0 Å². The minimum Gasteiger partial charge on any atom is -0.351 e. The number of benzene rings is 3. The molecule has 0 spiro atoms. The summed E-state index contributed by atoms with van der Waals surface area (Å²) < 4.78 is 14.0. The Morgan fingerprint density at radius 2 is 1.78 bits per heavy atom. The van der Waals surface area contributed by atoms with Crippen molar-refractivity contribution in [2.75, 3.05) is 13.1 Å². The van der Waals surface area contributed by atoms with Crippen LogP contribution in [-0.4, -0.2) is 28.9 Å². The third-order valence-electron chi connectivity index (χ3n) is 5.19. The maximum Gasteiger partial charge on any atom is 0.270 e. The zero-order chi connectivity index (χ0) is 18.4. The van der Waals surface area contributed by atoms with E-state index in [1.807, 2.05) is 36.4 Å². The Labute approximate surface area is 155 Å². The molecule has 0 bridgehead atoms. The van der Waals surface area contributed by atoms with Crippen LogP contribution in [0.15, 0.2) is 72.8 Å². The van der Waals surface area contributed by atoms with E-state index in [2.05, 4.69) is 23.2 Å². The number of fused-ring (bicyclic) bond motifs is 3. The highest BCUT2D eigenvalue weighted by Gasteiger charge is 2.24. The largest absolute Gasteiger partial charge is 0.351 e. The number of rotatable bonds is 2. The van der Waals surface area contributed by atoms with Crippen molar-refractivity contribution in [3.05, 3.63) is 89.9 Å². The highest BCUT2D eigenvalue weighted by molar-refractivity contribution is 6.10. The number of aromatic amines is 1. The number of hydrogen-bond acceptors (Lipinski definition) is 1. The van der Waals surface area contributed by atoms with E-state index in [1.165, 1.54) is 6.07 Å². The number of carbonyl (C=O) groups is 1. The van der Waals surface area contributed by atoms with Gasteiger partial charge in [-0.3, -0.25) is 4.79 Å². The van der Waals surface area contributed by atoms with Crippen molar-refractivity contribution in [2.45, 2.75) is 0 Å². The number of carbonyl (C=O) groups excluding carboxylic acids is 1. The van der Waals surface area contributed by atoms with Crippen LogP contribution in [-0.2, 0) is 0 Å². The van der Waals surface area contributed by atoms with Crippen molar-refractivity contribution in [2.24, 2.45) is 0 Å². The molecule has 1 aliphatic rings. The van der Waals surface area contributed by atoms with Crippen LogP contribution in [0.1, 0.15) is 16.1 Å². The van der Waals surface area contributed by atoms with Crippen molar-refractivity contribution in [3.8, 4) is 0 Å². The summed E-state index contributed by atoms with van der Waals surface area (Å²) in [6, 6.07) is 20.8. The topological polar surface area (TPSA) is 36.1 Å². The van der Waals surface area contributed by atoms with Crippen molar-refractivity contribution >= 4 is 33.2 Å². The molecule has 4 heteroatoms. The van der Waals surface area contributed by atoms with Crippen LogP contribution in [0.2, 0.25) is 0 Å². The second-order valence-electron chi connectivity index (χ2n) is 6.83. The molecular weight excluding hydrogens is 339 g/mol. The summed E-state index contributed by atoms with van der Waals surface area (Å²) in [4.78, 5) is 18.0. The lowest BCUT2D eigenvalue weighted by molar-refractivity contribution is 0.0796. The van der Waals surface area contributed by atoms with E-state index in [1.54, 1.807) is 17.0 Å². The fourth-order valence-corrected chi connectivity index (χ4v) is 3.80. The molecule has 132 valence electrons. The van der Waals surface area contributed by atoms with Gasteiger partial charge in [0.2, 0.25) is 0 Å². The van der Waals surface area contributed by atoms with E-state index in [-0.39, 0.29) is 11.7 Å². The summed E-state index contributed by atoms with van der Waals surface area (Å²) in [5.41, 5.74) is 2.92. The van der Waals surface area contributed by atoms with Gasteiger partial charge in [-0.25, -0.2) is 4.39 Å². The molecule has 0 aliphatic carbocycles. The Morgan fingerprint density at radius 3 is 2.67 bits per heavy atom. The smallest absolute Gasteiger partial charge is 0.270 e. The fourth-order valence-electron chi connectivity index (χ4n) is 3.80. The van der Waals surface area contributed by atoms with E-state index >= 15 is 0 Å². The van der Waals surface area contributed by atoms with E-state index < -0.39 is 0 Å². The summed E-state index contributed by atoms with van der Waals surface area (Å²) in [5.74, 6) is -0.326. The number of aromatic nitrogens is 1. The summed E-state index contributed by atoms with van der Waals surface area (Å²) >= 11 is 0. The van der Waals surface area contributed by atoms with Crippen LogP contribution < -0.4 is 0 Å². The highest BCUT2D eigenvalue weighted by atomic mass is 19.1. The lowest BCUT2D eigenvalue weighted by Crippen LogP contribution is -2.29. The predicted octanol–water partition coefficient (Wildman–Crippen LogP) is 5.00. The minimum atomic E-state index is -0.255. The quantitative estimate of drug-likeness (QED) is 0.539. The molecule has 0 saturated carbocycles. The van der Waals surface area contributed by atoms with Gasteiger partial charge in [-0.05, 0) is 34.5 Å². The van der Waals surface area contributed by atoms with Crippen LogP contribution in [0.25, 0.3) is 27.2 Å². The lowest BCUT2D eigenvalue weighted by Gasteiger charge is -2.15. The Kier molecular flexibility index (Phi) is 3.57. The average molecular weight is 356 g/mol. The summed E-state index contributed by atoms with van der Waals surface area (Å²) in [6.07, 6.45) is 1.92. The zero-order valence-corrected chi connectivity index (χ0v) is 14.6. The van der Waals surface area contributed by atoms with Crippen LogP contribution in [0.4, 0.5) is 4.39 Å². The maximum atomic E-state index is 14.0. The molecule has 3 aromatic carbocycles. The summed E-state index contributed by atoms with van der Waals surface area (Å²) in [5, 5.41) is 3.31. The first kappa shape index (κ1) is 15.8. The molecule has 1 N–H and O–H groups in total. The molecule has 0 fully saturated rings. The Bertz CT molecular complexity index is 1220. The van der Waals surface area contributed by atoms with Crippen LogP contribution in [0, 0.1) is 5.82 Å². The van der Waals surface area contributed by atoms with E-state index in [0.717, 1.165) is 27.2 Å².